The zero-order valence-corrected chi connectivity index (χ0v) is 15.4. The van der Waals surface area contributed by atoms with Crippen LogP contribution in [0.2, 0.25) is 0 Å². The van der Waals surface area contributed by atoms with Crippen molar-refractivity contribution < 1.29 is 19.4 Å². The van der Waals surface area contributed by atoms with Gasteiger partial charge >= 0.3 is 5.97 Å². The summed E-state index contributed by atoms with van der Waals surface area (Å²) in [6.45, 7) is 3.44. The van der Waals surface area contributed by atoms with Crippen LogP contribution in [-0.4, -0.2) is 36.5 Å². The first-order chi connectivity index (χ1) is 12.2. The van der Waals surface area contributed by atoms with Crippen molar-refractivity contribution in [1.29, 1.82) is 0 Å². The van der Waals surface area contributed by atoms with E-state index in [1.54, 1.807) is 6.08 Å². The molecule has 0 unspecified atom stereocenters. The number of allylic oxidation sites excluding steroid dienone is 1. The van der Waals surface area contributed by atoms with Gasteiger partial charge in [-0.2, -0.15) is 0 Å². The van der Waals surface area contributed by atoms with E-state index in [-0.39, 0.29) is 0 Å². The van der Waals surface area contributed by atoms with Crippen LogP contribution in [0.1, 0.15) is 64.7 Å². The Morgan fingerprint density at radius 3 is 2.76 bits per heavy atom. The number of carbonyl (C=O) groups is 1. The molecule has 2 fully saturated rings. The molecule has 2 saturated heterocycles. The molecule has 0 radical (unpaired) electrons. The predicted molar refractivity (Wildman–Crippen MR) is 98.2 cm³/mol. The van der Waals surface area contributed by atoms with Crippen molar-refractivity contribution in [2.75, 3.05) is 13.2 Å². The van der Waals surface area contributed by atoms with E-state index >= 15 is 0 Å². The van der Waals surface area contributed by atoms with Gasteiger partial charge in [0.25, 0.3) is 0 Å². The highest BCUT2D eigenvalue weighted by Gasteiger charge is 2.48. The minimum atomic E-state index is -0.860. The first-order valence-electron chi connectivity index (χ1n) is 9.80. The number of unbranched alkanes of at least 4 members (excludes halogenated alkanes) is 4. The molecule has 0 aliphatic carbocycles. The summed E-state index contributed by atoms with van der Waals surface area (Å²) in [5.74, 6) is 6.50. The minimum Gasteiger partial charge on any atom is -0.478 e. The molecule has 0 amide bonds. The quantitative estimate of drug-likeness (QED) is 0.345. The molecule has 4 heteroatoms. The third kappa shape index (κ3) is 6.84. The standard InChI is InChI=1S/C21H32O4/c1-2-3-4-10-15-24-16-18-17(19-13-14-20(18)25-19)11-8-6-5-7-9-12-21(22)23/h9,12,17-20H,2-3,5-8,11,13-16H2,1H3,(H,22,23)/t17-,18+,19-,20+/m1/s1. The van der Waals surface area contributed by atoms with Crippen molar-refractivity contribution in [2.45, 2.75) is 76.9 Å². The molecule has 2 bridgehead atoms. The number of ether oxygens (including phenoxy) is 2. The van der Waals surface area contributed by atoms with Crippen LogP contribution >= 0.6 is 0 Å². The molecule has 0 spiro atoms. The van der Waals surface area contributed by atoms with Crippen LogP contribution in [0.4, 0.5) is 0 Å². The maximum atomic E-state index is 10.4. The Kier molecular flexibility index (Phi) is 9.07. The second kappa shape index (κ2) is 11.3. The summed E-state index contributed by atoms with van der Waals surface area (Å²) >= 11 is 0. The zero-order chi connectivity index (χ0) is 17.9. The van der Waals surface area contributed by atoms with Gasteiger partial charge < -0.3 is 14.6 Å². The van der Waals surface area contributed by atoms with Crippen LogP contribution in [0.25, 0.3) is 0 Å². The van der Waals surface area contributed by atoms with E-state index in [2.05, 4.69) is 18.8 Å². The summed E-state index contributed by atoms with van der Waals surface area (Å²) in [5.41, 5.74) is 0. The molecule has 2 aliphatic heterocycles. The van der Waals surface area contributed by atoms with Gasteiger partial charge in [-0.15, -0.1) is 5.92 Å². The average Bonchev–Trinajstić information content (AvgIpc) is 3.19. The van der Waals surface area contributed by atoms with Crippen LogP contribution in [0.15, 0.2) is 12.2 Å². The van der Waals surface area contributed by atoms with Gasteiger partial charge in [0.05, 0.1) is 18.8 Å². The largest absolute Gasteiger partial charge is 0.478 e. The van der Waals surface area contributed by atoms with Crippen molar-refractivity contribution >= 4 is 5.97 Å². The molecular weight excluding hydrogens is 316 g/mol. The number of fused-ring (bicyclic) bond motifs is 2. The molecule has 2 aliphatic rings. The van der Waals surface area contributed by atoms with Crippen LogP contribution in [-0.2, 0) is 14.3 Å². The fourth-order valence-electron chi connectivity index (χ4n) is 4.02. The van der Waals surface area contributed by atoms with E-state index in [1.165, 1.54) is 31.8 Å². The number of hydrogen-bond donors (Lipinski definition) is 1. The Hall–Kier alpha value is -1.31. The zero-order valence-electron chi connectivity index (χ0n) is 15.4. The van der Waals surface area contributed by atoms with E-state index in [1.807, 2.05) is 0 Å². The highest BCUT2D eigenvalue weighted by atomic mass is 16.5. The lowest BCUT2D eigenvalue weighted by Crippen LogP contribution is -2.31. The molecule has 0 aromatic rings. The molecule has 0 aromatic carbocycles. The summed E-state index contributed by atoms with van der Waals surface area (Å²) in [6, 6.07) is 0. The van der Waals surface area contributed by atoms with Crippen LogP contribution < -0.4 is 0 Å². The van der Waals surface area contributed by atoms with Crippen molar-refractivity contribution in [3.8, 4) is 11.8 Å². The topological polar surface area (TPSA) is 55.8 Å². The molecular formula is C21H32O4. The highest BCUT2D eigenvalue weighted by Crippen LogP contribution is 2.45. The van der Waals surface area contributed by atoms with Crippen molar-refractivity contribution in [3.63, 3.8) is 0 Å². The smallest absolute Gasteiger partial charge is 0.327 e. The average molecular weight is 348 g/mol. The number of carboxylic acid groups (broad SMARTS) is 1. The van der Waals surface area contributed by atoms with Gasteiger partial charge in [0, 0.05) is 18.4 Å². The van der Waals surface area contributed by atoms with E-state index < -0.39 is 5.97 Å². The van der Waals surface area contributed by atoms with Crippen LogP contribution in [0, 0.1) is 23.7 Å². The molecule has 4 nitrogen and oxygen atoms in total. The minimum absolute atomic E-state index is 0.386. The number of rotatable bonds is 11. The summed E-state index contributed by atoms with van der Waals surface area (Å²) in [6.07, 6.45) is 13.7. The van der Waals surface area contributed by atoms with E-state index in [4.69, 9.17) is 14.6 Å². The van der Waals surface area contributed by atoms with E-state index in [0.29, 0.717) is 30.7 Å². The van der Waals surface area contributed by atoms with E-state index in [9.17, 15) is 4.79 Å². The normalized spacial score (nSPS) is 27.6. The monoisotopic (exact) mass is 348 g/mol. The summed E-state index contributed by atoms with van der Waals surface area (Å²) in [5, 5.41) is 8.56. The second-order valence-corrected chi connectivity index (χ2v) is 7.12. The third-order valence-corrected chi connectivity index (χ3v) is 5.24. The van der Waals surface area contributed by atoms with Crippen molar-refractivity contribution in [3.05, 3.63) is 12.2 Å². The van der Waals surface area contributed by atoms with Gasteiger partial charge in [0.15, 0.2) is 0 Å². The van der Waals surface area contributed by atoms with Crippen LogP contribution in [0.5, 0.6) is 0 Å². The lowest BCUT2D eigenvalue weighted by molar-refractivity contribution is -0.131. The predicted octanol–water partition coefficient (Wildman–Crippen LogP) is 4.19. The SMILES string of the molecule is CCCC#CCOC[C@H]1[C@@H](CCCCCC=CC(=O)O)[C@H]2CC[C@@H]1O2. The molecule has 0 saturated carbocycles. The maximum absolute atomic E-state index is 10.4. The molecule has 0 aromatic heterocycles. The number of aliphatic carboxylic acids is 1. The Morgan fingerprint density at radius 1 is 1.20 bits per heavy atom. The van der Waals surface area contributed by atoms with Crippen LogP contribution in [0.3, 0.4) is 0 Å². The molecule has 140 valence electrons. The van der Waals surface area contributed by atoms with Crippen molar-refractivity contribution in [1.82, 2.24) is 0 Å². The Labute approximate surface area is 152 Å². The highest BCUT2D eigenvalue weighted by molar-refractivity contribution is 5.79. The molecule has 1 N–H and O–H groups in total. The first-order valence-corrected chi connectivity index (χ1v) is 9.80. The number of carboxylic acids is 1. The Balaban J connectivity index is 1.64. The molecule has 2 heterocycles. The Morgan fingerprint density at radius 2 is 2.00 bits per heavy atom. The van der Waals surface area contributed by atoms with Crippen molar-refractivity contribution in [2.24, 2.45) is 11.8 Å². The number of hydrogen-bond acceptors (Lipinski definition) is 3. The second-order valence-electron chi connectivity index (χ2n) is 7.12. The molecule has 2 rings (SSSR count). The van der Waals surface area contributed by atoms with E-state index in [0.717, 1.165) is 38.7 Å². The fraction of sp³-hybridized carbons (Fsp3) is 0.762. The molecule has 25 heavy (non-hydrogen) atoms. The summed E-state index contributed by atoms with van der Waals surface area (Å²) < 4.78 is 11.9. The van der Waals surface area contributed by atoms with Gasteiger partial charge in [-0.1, -0.05) is 31.8 Å². The maximum Gasteiger partial charge on any atom is 0.327 e. The first kappa shape index (κ1) is 20.0. The van der Waals surface area contributed by atoms with Gasteiger partial charge in [0.1, 0.15) is 6.61 Å². The lowest BCUT2D eigenvalue weighted by atomic mass is 9.77. The van der Waals surface area contributed by atoms with Gasteiger partial charge in [0.2, 0.25) is 0 Å². The molecule has 4 atom stereocenters. The Bertz CT molecular complexity index is 488. The lowest BCUT2D eigenvalue weighted by Gasteiger charge is -2.27. The van der Waals surface area contributed by atoms with Gasteiger partial charge in [-0.05, 0) is 44.4 Å². The van der Waals surface area contributed by atoms with Gasteiger partial charge in [-0.25, -0.2) is 4.79 Å². The summed E-state index contributed by atoms with van der Waals surface area (Å²) in [7, 11) is 0. The summed E-state index contributed by atoms with van der Waals surface area (Å²) in [4.78, 5) is 10.4. The third-order valence-electron chi connectivity index (χ3n) is 5.24. The fourth-order valence-corrected chi connectivity index (χ4v) is 4.02. The van der Waals surface area contributed by atoms with Gasteiger partial charge in [-0.3, -0.25) is 0 Å².